The summed E-state index contributed by atoms with van der Waals surface area (Å²) >= 11 is 0. The van der Waals surface area contributed by atoms with Gasteiger partial charge in [-0.3, -0.25) is 29.0 Å². The van der Waals surface area contributed by atoms with Crippen LogP contribution in [0.2, 0.25) is 0 Å². The number of hydrogen-bond acceptors (Lipinski definition) is 8. The molecule has 38 heavy (non-hydrogen) atoms. The monoisotopic (exact) mass is 526 g/mol. The number of carbonyl (C=O) groups excluding carboxylic acids is 2. The van der Waals surface area contributed by atoms with Crippen LogP contribution in [0.25, 0.3) is 0 Å². The first-order valence-corrected chi connectivity index (χ1v) is 12.4. The SMILES string of the molecule is COC(=O)[C@@H]1CN(Cc2ccccc2)C[C@@H]1C(=O)O.COC(=O)[C@H]1CN(Cc2ccccc2)C[C@H]1C(=O)O. The molecule has 2 aliphatic heterocycles. The minimum absolute atomic E-state index is 0.379. The van der Waals surface area contributed by atoms with Crippen LogP contribution in [0.3, 0.4) is 0 Å². The molecule has 2 aromatic carbocycles. The number of rotatable bonds is 8. The second kappa shape index (κ2) is 13.7. The van der Waals surface area contributed by atoms with E-state index in [1.807, 2.05) is 70.5 Å². The first kappa shape index (κ1) is 28.8. The normalized spacial score (nSPS) is 23.2. The Balaban J connectivity index is 0.000000211. The van der Waals surface area contributed by atoms with Gasteiger partial charge in [0.2, 0.25) is 0 Å². The number of carbonyl (C=O) groups is 4. The standard InChI is InChI=1S/2C14H17NO4/c2*1-19-14(18)12-9-15(8-11(12)13(16)17)7-10-5-3-2-4-6-10/h2*2-6,11-12H,7-9H2,1H3,(H,16,17)/t2*11-,12+/m10/s1. The van der Waals surface area contributed by atoms with E-state index in [1.165, 1.54) is 14.2 Å². The fraction of sp³-hybridized carbons (Fsp3) is 0.429. The molecule has 0 saturated carbocycles. The molecule has 10 heteroatoms. The molecular weight excluding hydrogens is 492 g/mol. The topological polar surface area (TPSA) is 134 Å². The van der Waals surface area contributed by atoms with Gasteiger partial charge < -0.3 is 19.7 Å². The van der Waals surface area contributed by atoms with E-state index in [0.29, 0.717) is 39.3 Å². The number of benzene rings is 2. The van der Waals surface area contributed by atoms with Gasteiger partial charge in [-0.25, -0.2) is 0 Å². The molecule has 0 unspecified atom stereocenters. The fourth-order valence-corrected chi connectivity index (χ4v) is 4.99. The third kappa shape index (κ3) is 7.62. The van der Waals surface area contributed by atoms with Gasteiger partial charge in [0.1, 0.15) is 0 Å². The molecule has 0 bridgehead atoms. The minimum Gasteiger partial charge on any atom is -0.481 e. The number of esters is 2. The Morgan fingerprint density at radius 2 is 0.947 bits per heavy atom. The highest BCUT2D eigenvalue weighted by Gasteiger charge is 2.43. The van der Waals surface area contributed by atoms with E-state index in [0.717, 1.165) is 11.1 Å². The molecule has 204 valence electrons. The number of aliphatic carboxylic acids is 2. The van der Waals surface area contributed by atoms with Gasteiger partial charge in [0.25, 0.3) is 0 Å². The summed E-state index contributed by atoms with van der Waals surface area (Å²) < 4.78 is 9.37. The van der Waals surface area contributed by atoms with Crippen molar-refractivity contribution in [2.75, 3.05) is 40.4 Å². The number of ether oxygens (including phenoxy) is 2. The summed E-state index contributed by atoms with van der Waals surface area (Å²) in [5, 5.41) is 18.4. The van der Waals surface area contributed by atoms with E-state index in [9.17, 15) is 29.4 Å². The van der Waals surface area contributed by atoms with Crippen LogP contribution in [0.4, 0.5) is 0 Å². The lowest BCUT2D eigenvalue weighted by Crippen LogP contribution is -2.29. The lowest BCUT2D eigenvalue weighted by molar-refractivity contribution is -0.153. The predicted molar refractivity (Wildman–Crippen MR) is 137 cm³/mol. The molecule has 0 spiro atoms. The molecule has 2 fully saturated rings. The van der Waals surface area contributed by atoms with Crippen molar-refractivity contribution in [1.82, 2.24) is 9.80 Å². The molecule has 2 saturated heterocycles. The molecule has 2 heterocycles. The Bertz CT molecular complexity index is 1010. The van der Waals surface area contributed by atoms with Gasteiger partial charge in [-0.2, -0.15) is 0 Å². The van der Waals surface area contributed by atoms with Crippen molar-refractivity contribution >= 4 is 23.9 Å². The average Bonchev–Trinajstić information content (AvgIpc) is 3.54. The Kier molecular flexibility index (Phi) is 10.4. The molecule has 2 N–H and O–H groups in total. The number of carboxylic acid groups (broad SMARTS) is 2. The third-order valence-electron chi connectivity index (χ3n) is 6.93. The van der Waals surface area contributed by atoms with Crippen LogP contribution < -0.4 is 0 Å². The second-order valence-electron chi connectivity index (χ2n) is 9.51. The molecule has 2 aromatic rings. The van der Waals surface area contributed by atoms with Crippen LogP contribution in [0.5, 0.6) is 0 Å². The maximum Gasteiger partial charge on any atom is 0.310 e. The van der Waals surface area contributed by atoms with E-state index in [-0.39, 0.29) is 0 Å². The first-order valence-electron chi connectivity index (χ1n) is 12.4. The van der Waals surface area contributed by atoms with Crippen LogP contribution in [-0.2, 0) is 41.7 Å². The lowest BCUT2D eigenvalue weighted by Gasteiger charge is -2.15. The van der Waals surface area contributed by atoms with Crippen LogP contribution in [0, 0.1) is 23.7 Å². The largest absolute Gasteiger partial charge is 0.481 e. The van der Waals surface area contributed by atoms with Gasteiger partial charge in [0, 0.05) is 39.3 Å². The quantitative estimate of drug-likeness (QED) is 0.492. The molecule has 10 nitrogen and oxygen atoms in total. The van der Waals surface area contributed by atoms with E-state index in [1.54, 1.807) is 0 Å². The summed E-state index contributed by atoms with van der Waals surface area (Å²) in [5.41, 5.74) is 2.22. The third-order valence-corrected chi connectivity index (χ3v) is 6.93. The molecule has 0 amide bonds. The van der Waals surface area contributed by atoms with Crippen molar-refractivity contribution in [3.05, 3.63) is 71.8 Å². The van der Waals surface area contributed by atoms with E-state index >= 15 is 0 Å². The van der Waals surface area contributed by atoms with Crippen molar-refractivity contribution in [2.24, 2.45) is 23.7 Å². The smallest absolute Gasteiger partial charge is 0.310 e. The van der Waals surface area contributed by atoms with Crippen molar-refractivity contribution < 1.29 is 38.9 Å². The van der Waals surface area contributed by atoms with Crippen LogP contribution in [0.1, 0.15) is 11.1 Å². The van der Waals surface area contributed by atoms with Gasteiger partial charge in [-0.05, 0) is 11.1 Å². The van der Waals surface area contributed by atoms with Crippen molar-refractivity contribution in [2.45, 2.75) is 13.1 Å². The molecule has 0 aliphatic carbocycles. The maximum atomic E-state index is 11.6. The zero-order chi connectivity index (χ0) is 27.7. The molecule has 4 atom stereocenters. The van der Waals surface area contributed by atoms with Gasteiger partial charge in [0.05, 0.1) is 37.9 Å². The van der Waals surface area contributed by atoms with E-state index < -0.39 is 47.5 Å². The number of hydrogen-bond donors (Lipinski definition) is 2. The van der Waals surface area contributed by atoms with E-state index in [2.05, 4.69) is 9.47 Å². The molecule has 4 rings (SSSR count). The molecule has 0 aromatic heterocycles. The Hall–Kier alpha value is -3.76. The van der Waals surface area contributed by atoms with Crippen molar-refractivity contribution in [3.8, 4) is 0 Å². The van der Waals surface area contributed by atoms with Gasteiger partial charge in [-0.1, -0.05) is 60.7 Å². The summed E-state index contributed by atoms with van der Waals surface area (Å²) in [4.78, 5) is 49.6. The zero-order valence-corrected chi connectivity index (χ0v) is 21.6. The van der Waals surface area contributed by atoms with Crippen LogP contribution in [0.15, 0.2) is 60.7 Å². The minimum atomic E-state index is -0.939. The van der Waals surface area contributed by atoms with Gasteiger partial charge >= 0.3 is 23.9 Å². The summed E-state index contributed by atoms with van der Waals surface area (Å²) in [5.74, 6) is -5.28. The highest BCUT2D eigenvalue weighted by Crippen LogP contribution is 2.27. The van der Waals surface area contributed by atoms with Crippen molar-refractivity contribution in [3.63, 3.8) is 0 Å². The van der Waals surface area contributed by atoms with E-state index in [4.69, 9.17) is 0 Å². The predicted octanol–water partition coefficient (Wildman–Crippen LogP) is 1.98. The highest BCUT2D eigenvalue weighted by molar-refractivity contribution is 5.82. The summed E-state index contributed by atoms with van der Waals surface area (Å²) in [6.45, 7) is 2.92. The number of methoxy groups -OCH3 is 2. The van der Waals surface area contributed by atoms with Crippen molar-refractivity contribution in [1.29, 1.82) is 0 Å². The second-order valence-corrected chi connectivity index (χ2v) is 9.51. The number of likely N-dealkylation sites (tertiary alicyclic amines) is 2. The lowest BCUT2D eigenvalue weighted by atomic mass is 9.97. The van der Waals surface area contributed by atoms with Gasteiger partial charge in [0.15, 0.2) is 0 Å². The zero-order valence-electron chi connectivity index (χ0n) is 21.6. The Morgan fingerprint density at radius 1 is 0.632 bits per heavy atom. The Morgan fingerprint density at radius 3 is 1.24 bits per heavy atom. The van der Waals surface area contributed by atoms with Crippen LogP contribution in [-0.4, -0.2) is 84.3 Å². The average molecular weight is 527 g/mol. The molecule has 0 radical (unpaired) electrons. The number of carboxylic acids is 2. The summed E-state index contributed by atoms with van der Waals surface area (Å²) in [7, 11) is 2.59. The fourth-order valence-electron chi connectivity index (χ4n) is 4.99. The molecular formula is C28H34N2O8. The molecule has 2 aliphatic rings. The van der Waals surface area contributed by atoms with Gasteiger partial charge in [-0.15, -0.1) is 0 Å². The summed E-state index contributed by atoms with van der Waals surface area (Å²) in [6, 6.07) is 19.6. The Labute approximate surface area is 221 Å². The number of nitrogens with zero attached hydrogens (tertiary/aromatic N) is 2. The maximum absolute atomic E-state index is 11.6. The summed E-state index contributed by atoms with van der Waals surface area (Å²) in [6.07, 6.45) is 0. The first-order chi connectivity index (χ1) is 18.2. The highest BCUT2D eigenvalue weighted by atomic mass is 16.5. The van der Waals surface area contributed by atoms with Crippen LogP contribution >= 0.6 is 0 Å².